The van der Waals surface area contributed by atoms with Crippen molar-refractivity contribution in [2.75, 3.05) is 6.54 Å². The zero-order chi connectivity index (χ0) is 8.55. The number of hydrogen-bond donors (Lipinski definition) is 1. The number of nitrogens with two attached hydrogens (primary N) is 1. The maximum absolute atomic E-state index is 5.55. The van der Waals surface area contributed by atoms with E-state index in [1.165, 1.54) is 17.8 Å². The molecule has 3 nitrogen and oxygen atoms in total. The van der Waals surface area contributed by atoms with E-state index in [-0.39, 0.29) is 0 Å². The first-order valence-electron chi connectivity index (χ1n) is 4.53. The van der Waals surface area contributed by atoms with Crippen molar-refractivity contribution in [1.29, 1.82) is 0 Å². The van der Waals surface area contributed by atoms with E-state index in [1.807, 2.05) is 6.33 Å². The minimum atomic E-state index is 0.664. The number of nitrogens with zero attached hydrogens (tertiary/aromatic N) is 2. The summed E-state index contributed by atoms with van der Waals surface area (Å²) < 4.78 is 2.14. The molecule has 3 heteroatoms. The van der Waals surface area contributed by atoms with Crippen molar-refractivity contribution in [2.45, 2.75) is 25.2 Å². The lowest BCUT2D eigenvalue weighted by atomic mass is 10.0. The molecule has 1 aliphatic carbocycles. The third-order valence-corrected chi connectivity index (χ3v) is 2.69. The van der Waals surface area contributed by atoms with Gasteiger partial charge in [-0.15, -0.1) is 0 Å². The van der Waals surface area contributed by atoms with Crippen LogP contribution in [0.4, 0.5) is 0 Å². The van der Waals surface area contributed by atoms with Crippen LogP contribution in [0.5, 0.6) is 0 Å². The summed E-state index contributed by atoms with van der Waals surface area (Å²) >= 11 is 0. The topological polar surface area (TPSA) is 43.8 Å². The quantitative estimate of drug-likeness (QED) is 0.704. The van der Waals surface area contributed by atoms with Crippen LogP contribution in [0, 0.1) is 0 Å². The molecular formula is C9H15N3. The Morgan fingerprint density at radius 3 is 3.33 bits per heavy atom. The molecule has 12 heavy (non-hydrogen) atoms. The molecular weight excluding hydrogens is 150 g/mol. The molecule has 1 atom stereocenters. The number of imidazole rings is 1. The molecule has 2 rings (SSSR count). The minimum Gasteiger partial charge on any atom is -0.337 e. The Morgan fingerprint density at radius 2 is 2.58 bits per heavy atom. The Morgan fingerprint density at radius 1 is 1.75 bits per heavy atom. The maximum atomic E-state index is 5.55. The van der Waals surface area contributed by atoms with Crippen LogP contribution >= 0.6 is 0 Å². The molecule has 1 aromatic heterocycles. The van der Waals surface area contributed by atoms with E-state index in [0.29, 0.717) is 5.92 Å². The summed E-state index contributed by atoms with van der Waals surface area (Å²) in [6, 6.07) is 0. The Kier molecular flexibility index (Phi) is 1.89. The van der Waals surface area contributed by atoms with Crippen LogP contribution in [0.15, 0.2) is 6.33 Å². The van der Waals surface area contributed by atoms with Gasteiger partial charge < -0.3 is 10.3 Å². The molecule has 0 saturated heterocycles. The highest BCUT2D eigenvalue weighted by atomic mass is 15.0. The van der Waals surface area contributed by atoms with Gasteiger partial charge in [0, 0.05) is 18.7 Å². The zero-order valence-corrected chi connectivity index (χ0v) is 7.45. The Hall–Kier alpha value is -0.830. The van der Waals surface area contributed by atoms with Crippen LogP contribution in [-0.2, 0) is 13.5 Å². The third-order valence-electron chi connectivity index (χ3n) is 2.69. The molecule has 0 fully saturated rings. The van der Waals surface area contributed by atoms with Crippen molar-refractivity contribution in [3.63, 3.8) is 0 Å². The molecule has 0 spiro atoms. The second kappa shape index (κ2) is 2.90. The predicted molar refractivity (Wildman–Crippen MR) is 47.9 cm³/mol. The van der Waals surface area contributed by atoms with E-state index in [2.05, 4.69) is 16.6 Å². The van der Waals surface area contributed by atoms with Crippen molar-refractivity contribution in [1.82, 2.24) is 9.55 Å². The van der Waals surface area contributed by atoms with Gasteiger partial charge in [-0.2, -0.15) is 0 Å². The van der Waals surface area contributed by atoms with E-state index in [0.717, 1.165) is 19.4 Å². The molecule has 0 aromatic carbocycles. The van der Waals surface area contributed by atoms with Gasteiger partial charge in [-0.3, -0.25) is 0 Å². The van der Waals surface area contributed by atoms with Gasteiger partial charge in [0.15, 0.2) is 0 Å². The summed E-state index contributed by atoms with van der Waals surface area (Å²) in [5.74, 6) is 0.664. The highest BCUT2D eigenvalue weighted by Crippen LogP contribution is 2.33. The molecule has 0 saturated carbocycles. The van der Waals surface area contributed by atoms with Crippen molar-refractivity contribution >= 4 is 0 Å². The SMILES string of the molecule is Cn1cnc2c1C(CCN)CC2. The Labute approximate surface area is 72.6 Å². The molecule has 0 radical (unpaired) electrons. The number of hydrogen-bond acceptors (Lipinski definition) is 2. The second-order valence-corrected chi connectivity index (χ2v) is 3.50. The molecule has 1 heterocycles. The van der Waals surface area contributed by atoms with E-state index >= 15 is 0 Å². The third kappa shape index (κ3) is 1.05. The summed E-state index contributed by atoms with van der Waals surface area (Å²) in [6.07, 6.45) is 5.39. The fourth-order valence-electron chi connectivity index (χ4n) is 2.13. The summed E-state index contributed by atoms with van der Waals surface area (Å²) in [5.41, 5.74) is 8.26. The molecule has 0 amide bonds. The number of aryl methyl sites for hydroxylation is 2. The summed E-state index contributed by atoms with van der Waals surface area (Å²) in [6.45, 7) is 0.787. The largest absolute Gasteiger partial charge is 0.337 e. The molecule has 66 valence electrons. The summed E-state index contributed by atoms with van der Waals surface area (Å²) in [5, 5.41) is 0. The van der Waals surface area contributed by atoms with Crippen molar-refractivity contribution in [2.24, 2.45) is 12.8 Å². The molecule has 0 bridgehead atoms. The highest BCUT2D eigenvalue weighted by Gasteiger charge is 2.25. The fraction of sp³-hybridized carbons (Fsp3) is 0.667. The number of fused-ring (bicyclic) bond motifs is 1. The predicted octanol–water partition coefficient (Wildman–Crippen LogP) is 0.799. The van der Waals surface area contributed by atoms with E-state index in [4.69, 9.17) is 5.73 Å². The van der Waals surface area contributed by atoms with E-state index in [1.54, 1.807) is 0 Å². The first-order chi connectivity index (χ1) is 5.83. The average Bonchev–Trinajstić information content (AvgIpc) is 2.58. The van der Waals surface area contributed by atoms with Crippen LogP contribution in [0.2, 0.25) is 0 Å². The van der Waals surface area contributed by atoms with Crippen molar-refractivity contribution in [3.8, 4) is 0 Å². The maximum Gasteiger partial charge on any atom is 0.0949 e. The van der Waals surface area contributed by atoms with Gasteiger partial charge in [0.25, 0.3) is 0 Å². The smallest absolute Gasteiger partial charge is 0.0949 e. The molecule has 0 aliphatic heterocycles. The standard InChI is InChI=1S/C9H15N3/c1-12-6-11-8-3-2-7(4-5-10)9(8)12/h6-7H,2-5,10H2,1H3. The lowest BCUT2D eigenvalue weighted by Crippen LogP contribution is -2.07. The van der Waals surface area contributed by atoms with Gasteiger partial charge in [-0.05, 0) is 25.8 Å². The van der Waals surface area contributed by atoms with E-state index in [9.17, 15) is 0 Å². The van der Waals surface area contributed by atoms with Crippen LogP contribution in [0.25, 0.3) is 0 Å². The molecule has 2 N–H and O–H groups in total. The molecule has 1 aliphatic rings. The van der Waals surface area contributed by atoms with Gasteiger partial charge in [-0.25, -0.2) is 4.98 Å². The molecule has 1 unspecified atom stereocenters. The van der Waals surface area contributed by atoms with Crippen LogP contribution in [0.3, 0.4) is 0 Å². The van der Waals surface area contributed by atoms with Gasteiger partial charge in [0.1, 0.15) is 0 Å². The van der Waals surface area contributed by atoms with Crippen molar-refractivity contribution in [3.05, 3.63) is 17.7 Å². The minimum absolute atomic E-state index is 0.664. The van der Waals surface area contributed by atoms with Gasteiger partial charge in [0.05, 0.1) is 12.0 Å². The normalized spacial score (nSPS) is 21.3. The molecule has 1 aromatic rings. The lowest BCUT2D eigenvalue weighted by molar-refractivity contribution is 0.591. The van der Waals surface area contributed by atoms with Gasteiger partial charge in [-0.1, -0.05) is 0 Å². The monoisotopic (exact) mass is 165 g/mol. The van der Waals surface area contributed by atoms with Crippen LogP contribution in [-0.4, -0.2) is 16.1 Å². The van der Waals surface area contributed by atoms with Gasteiger partial charge in [0.2, 0.25) is 0 Å². The summed E-state index contributed by atoms with van der Waals surface area (Å²) in [7, 11) is 2.07. The first-order valence-corrected chi connectivity index (χ1v) is 4.53. The average molecular weight is 165 g/mol. The number of rotatable bonds is 2. The Bertz CT molecular complexity index is 277. The highest BCUT2D eigenvalue weighted by molar-refractivity contribution is 5.23. The second-order valence-electron chi connectivity index (χ2n) is 3.50. The van der Waals surface area contributed by atoms with Gasteiger partial charge >= 0.3 is 0 Å². The Balaban J connectivity index is 2.27. The van der Waals surface area contributed by atoms with Crippen molar-refractivity contribution < 1.29 is 0 Å². The first kappa shape index (κ1) is 7.80. The van der Waals surface area contributed by atoms with Crippen LogP contribution in [0.1, 0.15) is 30.1 Å². The zero-order valence-electron chi connectivity index (χ0n) is 7.45. The fourth-order valence-corrected chi connectivity index (χ4v) is 2.13. The lowest BCUT2D eigenvalue weighted by Gasteiger charge is -2.09. The van der Waals surface area contributed by atoms with Crippen LogP contribution < -0.4 is 5.73 Å². The van der Waals surface area contributed by atoms with E-state index < -0.39 is 0 Å². The number of aromatic nitrogens is 2. The summed E-state index contributed by atoms with van der Waals surface area (Å²) in [4.78, 5) is 4.35.